The van der Waals surface area contributed by atoms with Gasteiger partial charge in [-0.2, -0.15) is 0 Å². The van der Waals surface area contributed by atoms with Crippen molar-refractivity contribution in [2.75, 3.05) is 7.11 Å². The van der Waals surface area contributed by atoms with Gasteiger partial charge in [0.25, 0.3) is 0 Å². The van der Waals surface area contributed by atoms with Crippen molar-refractivity contribution < 1.29 is 19.1 Å². The van der Waals surface area contributed by atoms with Gasteiger partial charge < -0.3 is 9.47 Å². The number of carbonyl (C=O) groups excluding carboxylic acids is 2. The second-order valence-corrected chi connectivity index (χ2v) is 6.44. The number of para-hydroxylation sites is 1. The van der Waals surface area contributed by atoms with E-state index in [-0.39, 0.29) is 0 Å². The van der Waals surface area contributed by atoms with Crippen LogP contribution in [-0.2, 0) is 4.74 Å². The van der Waals surface area contributed by atoms with Crippen molar-refractivity contribution in [3.05, 3.63) is 89.7 Å². The van der Waals surface area contributed by atoms with E-state index in [4.69, 9.17) is 4.74 Å². The first-order chi connectivity index (χ1) is 14.1. The molecule has 0 atom stereocenters. The van der Waals surface area contributed by atoms with Gasteiger partial charge in [-0.3, -0.25) is 4.57 Å². The molecule has 0 radical (unpaired) electrons. The molecule has 0 aliphatic heterocycles. The summed E-state index contributed by atoms with van der Waals surface area (Å²) in [5.74, 6) is 0.228. The van der Waals surface area contributed by atoms with Crippen LogP contribution in [0.15, 0.2) is 72.8 Å². The highest BCUT2D eigenvalue weighted by Crippen LogP contribution is 2.23. The molecule has 1 aromatic heterocycles. The number of carbonyl (C=O) groups is 2. The van der Waals surface area contributed by atoms with E-state index in [2.05, 4.69) is 9.72 Å². The Hall–Kier alpha value is -3.93. The Morgan fingerprint density at radius 3 is 2.24 bits per heavy atom. The molecule has 3 aromatic carbocycles. The van der Waals surface area contributed by atoms with Crippen LogP contribution in [0, 0.1) is 6.92 Å². The molecular weight excluding hydrogens is 368 g/mol. The number of fused-ring (bicyclic) bond motifs is 1. The van der Waals surface area contributed by atoms with E-state index in [1.807, 2.05) is 47.9 Å². The van der Waals surface area contributed by atoms with Gasteiger partial charge in [0.05, 0.1) is 29.3 Å². The number of ether oxygens (including phenoxy) is 2. The number of esters is 2. The van der Waals surface area contributed by atoms with Crippen molar-refractivity contribution in [2.45, 2.75) is 6.92 Å². The molecule has 1 heterocycles. The summed E-state index contributed by atoms with van der Waals surface area (Å²) in [6, 6.07) is 21.4. The predicted octanol–water partition coefficient (Wildman–Crippen LogP) is 4.34. The number of hydrogen-bond acceptors (Lipinski definition) is 5. The second kappa shape index (κ2) is 7.59. The molecule has 0 aliphatic carbocycles. The van der Waals surface area contributed by atoms with Crippen molar-refractivity contribution in [3.63, 3.8) is 0 Å². The standard InChI is InChI=1S/C23H18N2O4/c1-15-24-20-14-17(10-13-21(20)25(15)18-6-4-3-5-7-18)23(27)29-19-11-8-16(9-12-19)22(26)28-2/h3-14H,1-2H3. The minimum absolute atomic E-state index is 0.341. The maximum absolute atomic E-state index is 12.5. The van der Waals surface area contributed by atoms with E-state index >= 15 is 0 Å². The lowest BCUT2D eigenvalue weighted by atomic mass is 10.2. The van der Waals surface area contributed by atoms with Crippen LogP contribution < -0.4 is 4.74 Å². The Bertz CT molecular complexity index is 1200. The molecule has 0 spiro atoms. The Labute approximate surface area is 167 Å². The summed E-state index contributed by atoms with van der Waals surface area (Å²) in [6.45, 7) is 1.92. The monoisotopic (exact) mass is 386 g/mol. The average molecular weight is 386 g/mol. The number of aryl methyl sites for hydroxylation is 1. The minimum atomic E-state index is -0.496. The highest BCUT2D eigenvalue weighted by atomic mass is 16.5. The summed E-state index contributed by atoms with van der Waals surface area (Å²) in [5, 5.41) is 0. The van der Waals surface area contributed by atoms with Crippen LogP contribution in [0.25, 0.3) is 16.7 Å². The first kappa shape index (κ1) is 18.4. The Morgan fingerprint density at radius 2 is 1.55 bits per heavy atom. The summed E-state index contributed by atoms with van der Waals surface area (Å²) in [7, 11) is 1.31. The van der Waals surface area contributed by atoms with Crippen LogP contribution in [0.2, 0.25) is 0 Å². The van der Waals surface area contributed by atoms with Crippen LogP contribution >= 0.6 is 0 Å². The highest BCUT2D eigenvalue weighted by Gasteiger charge is 2.14. The molecule has 29 heavy (non-hydrogen) atoms. The van der Waals surface area contributed by atoms with Crippen molar-refractivity contribution >= 4 is 23.0 Å². The van der Waals surface area contributed by atoms with E-state index in [9.17, 15) is 9.59 Å². The lowest BCUT2D eigenvalue weighted by Gasteiger charge is -2.07. The van der Waals surface area contributed by atoms with Crippen LogP contribution in [-0.4, -0.2) is 28.6 Å². The highest BCUT2D eigenvalue weighted by molar-refractivity contribution is 5.95. The smallest absolute Gasteiger partial charge is 0.343 e. The van der Waals surface area contributed by atoms with Gasteiger partial charge in [-0.15, -0.1) is 0 Å². The number of benzene rings is 3. The summed E-state index contributed by atoms with van der Waals surface area (Å²) < 4.78 is 12.1. The Morgan fingerprint density at radius 1 is 0.862 bits per heavy atom. The third kappa shape index (κ3) is 3.60. The number of methoxy groups -OCH3 is 1. The molecule has 0 aliphatic rings. The molecule has 0 amide bonds. The first-order valence-electron chi connectivity index (χ1n) is 9.02. The fraction of sp³-hybridized carbons (Fsp3) is 0.0870. The molecule has 4 rings (SSSR count). The molecular formula is C23H18N2O4. The Balaban J connectivity index is 1.60. The Kier molecular flexibility index (Phi) is 4.83. The van der Waals surface area contributed by atoms with Crippen molar-refractivity contribution in [3.8, 4) is 11.4 Å². The van der Waals surface area contributed by atoms with Gasteiger partial charge in [0.15, 0.2) is 0 Å². The maximum atomic E-state index is 12.5. The van der Waals surface area contributed by atoms with E-state index in [0.717, 1.165) is 17.0 Å². The summed E-state index contributed by atoms with van der Waals surface area (Å²) in [4.78, 5) is 28.6. The quantitative estimate of drug-likeness (QED) is 0.385. The predicted molar refractivity (Wildman–Crippen MR) is 109 cm³/mol. The van der Waals surface area contributed by atoms with Crippen molar-refractivity contribution in [1.82, 2.24) is 9.55 Å². The third-order valence-electron chi connectivity index (χ3n) is 4.56. The lowest BCUT2D eigenvalue weighted by molar-refractivity contribution is 0.0600. The zero-order valence-electron chi connectivity index (χ0n) is 16.0. The fourth-order valence-electron chi connectivity index (χ4n) is 3.17. The van der Waals surface area contributed by atoms with Crippen molar-refractivity contribution in [2.24, 2.45) is 0 Å². The number of nitrogens with zero attached hydrogens (tertiary/aromatic N) is 2. The topological polar surface area (TPSA) is 70.4 Å². The van der Waals surface area contributed by atoms with E-state index in [0.29, 0.717) is 22.4 Å². The number of imidazole rings is 1. The molecule has 0 N–H and O–H groups in total. The normalized spacial score (nSPS) is 10.7. The number of aromatic nitrogens is 2. The molecule has 0 saturated heterocycles. The van der Waals surface area contributed by atoms with E-state index in [1.54, 1.807) is 36.4 Å². The fourth-order valence-corrected chi connectivity index (χ4v) is 3.17. The van der Waals surface area contributed by atoms with Gasteiger partial charge in [0, 0.05) is 5.69 Å². The zero-order chi connectivity index (χ0) is 20.4. The first-order valence-corrected chi connectivity index (χ1v) is 9.02. The largest absolute Gasteiger partial charge is 0.465 e. The van der Waals surface area contributed by atoms with Gasteiger partial charge >= 0.3 is 11.9 Å². The second-order valence-electron chi connectivity index (χ2n) is 6.44. The SMILES string of the molecule is COC(=O)c1ccc(OC(=O)c2ccc3c(c2)nc(C)n3-c2ccccc2)cc1. The molecule has 0 bridgehead atoms. The third-order valence-corrected chi connectivity index (χ3v) is 4.56. The van der Waals surface area contributed by atoms with Gasteiger partial charge in [-0.25, -0.2) is 14.6 Å². The summed E-state index contributed by atoms with van der Waals surface area (Å²) in [6.07, 6.45) is 0. The minimum Gasteiger partial charge on any atom is -0.465 e. The van der Waals surface area contributed by atoms with Gasteiger partial charge in [0.1, 0.15) is 11.6 Å². The van der Waals surface area contributed by atoms with Gasteiger partial charge in [-0.1, -0.05) is 18.2 Å². The van der Waals surface area contributed by atoms with Crippen molar-refractivity contribution in [1.29, 1.82) is 0 Å². The number of hydrogen-bond donors (Lipinski definition) is 0. The van der Waals surface area contributed by atoms with E-state index in [1.165, 1.54) is 7.11 Å². The van der Waals surface area contributed by atoms with Crippen LogP contribution in [0.1, 0.15) is 26.5 Å². The lowest BCUT2D eigenvalue weighted by Crippen LogP contribution is -2.09. The molecule has 4 aromatic rings. The molecule has 0 unspecified atom stereocenters. The summed E-state index contributed by atoms with van der Waals surface area (Å²) in [5.41, 5.74) is 3.41. The van der Waals surface area contributed by atoms with Crippen LogP contribution in [0.4, 0.5) is 0 Å². The molecule has 6 heteroatoms. The zero-order valence-corrected chi connectivity index (χ0v) is 16.0. The van der Waals surface area contributed by atoms with Crippen LogP contribution in [0.3, 0.4) is 0 Å². The van der Waals surface area contributed by atoms with E-state index < -0.39 is 11.9 Å². The van der Waals surface area contributed by atoms with Gasteiger partial charge in [0.2, 0.25) is 0 Å². The van der Waals surface area contributed by atoms with Crippen LogP contribution in [0.5, 0.6) is 5.75 Å². The maximum Gasteiger partial charge on any atom is 0.343 e. The molecule has 0 saturated carbocycles. The molecule has 6 nitrogen and oxygen atoms in total. The molecule has 0 fully saturated rings. The molecule has 144 valence electrons. The summed E-state index contributed by atoms with van der Waals surface area (Å²) >= 11 is 0. The van der Waals surface area contributed by atoms with Gasteiger partial charge in [-0.05, 0) is 61.5 Å². The average Bonchev–Trinajstić information content (AvgIpc) is 3.09. The number of rotatable bonds is 4.